The van der Waals surface area contributed by atoms with Gasteiger partial charge in [0.1, 0.15) is 6.04 Å². The topological polar surface area (TPSA) is 78.9 Å². The molecule has 1 aliphatic heterocycles. The van der Waals surface area contributed by atoms with Crippen molar-refractivity contribution in [2.45, 2.75) is 45.3 Å². The molecular formula is C14H26N2O4. The first-order chi connectivity index (χ1) is 9.42. The number of piperidine rings is 1. The van der Waals surface area contributed by atoms with Crippen LogP contribution in [0.3, 0.4) is 0 Å². The number of esters is 1. The second-order valence-corrected chi connectivity index (χ2v) is 5.80. The minimum absolute atomic E-state index is 0.199. The van der Waals surface area contributed by atoms with Gasteiger partial charge in [0.25, 0.3) is 0 Å². The highest BCUT2D eigenvalue weighted by molar-refractivity contribution is 5.85. The Morgan fingerprint density at radius 1 is 1.45 bits per heavy atom. The zero-order valence-corrected chi connectivity index (χ0v) is 12.6. The zero-order chi connectivity index (χ0) is 15.1. The summed E-state index contributed by atoms with van der Waals surface area (Å²) in [6.07, 6.45) is 1.88. The van der Waals surface area contributed by atoms with Gasteiger partial charge in [-0.25, -0.2) is 4.79 Å². The Hall–Kier alpha value is -1.14. The first-order valence-electron chi connectivity index (χ1n) is 7.20. The number of rotatable bonds is 6. The van der Waals surface area contributed by atoms with Crippen LogP contribution in [0.15, 0.2) is 0 Å². The number of likely N-dealkylation sites (tertiary alicyclic amines) is 1. The molecule has 0 bridgehead atoms. The van der Waals surface area contributed by atoms with Crippen LogP contribution >= 0.6 is 0 Å². The standard InChI is InChI=1S/C14H26N2O4/c1-10(2)7-12(14(19)20-3)15-13(18)9-16-6-4-5-11(17)8-16/h10-12,17H,4-9H2,1-3H3,(H,15,18). The fraction of sp³-hybridized carbons (Fsp3) is 0.857. The third-order valence-corrected chi connectivity index (χ3v) is 3.38. The van der Waals surface area contributed by atoms with Crippen LogP contribution < -0.4 is 5.32 Å². The van der Waals surface area contributed by atoms with E-state index >= 15 is 0 Å². The van der Waals surface area contributed by atoms with Crippen molar-refractivity contribution in [2.75, 3.05) is 26.7 Å². The molecule has 0 radical (unpaired) electrons. The van der Waals surface area contributed by atoms with Crippen LogP contribution in [-0.2, 0) is 14.3 Å². The molecule has 116 valence electrons. The molecule has 0 aromatic rings. The van der Waals surface area contributed by atoms with E-state index in [1.807, 2.05) is 18.7 Å². The van der Waals surface area contributed by atoms with E-state index in [4.69, 9.17) is 4.74 Å². The van der Waals surface area contributed by atoms with Gasteiger partial charge < -0.3 is 15.2 Å². The molecule has 0 aromatic carbocycles. The van der Waals surface area contributed by atoms with Gasteiger partial charge in [-0.05, 0) is 31.7 Å². The van der Waals surface area contributed by atoms with E-state index in [1.165, 1.54) is 7.11 Å². The van der Waals surface area contributed by atoms with Crippen LogP contribution in [0.4, 0.5) is 0 Å². The largest absolute Gasteiger partial charge is 0.467 e. The Kier molecular flexibility index (Phi) is 6.95. The number of ether oxygens (including phenoxy) is 1. The van der Waals surface area contributed by atoms with Gasteiger partial charge in [-0.1, -0.05) is 13.8 Å². The highest BCUT2D eigenvalue weighted by Crippen LogP contribution is 2.10. The average molecular weight is 286 g/mol. The molecule has 0 spiro atoms. The van der Waals surface area contributed by atoms with Crippen molar-refractivity contribution in [1.29, 1.82) is 0 Å². The van der Waals surface area contributed by atoms with Crippen molar-refractivity contribution in [2.24, 2.45) is 5.92 Å². The Labute approximate surface area is 120 Å². The summed E-state index contributed by atoms with van der Waals surface area (Å²) in [5, 5.41) is 12.3. The molecule has 1 rings (SSSR count). The van der Waals surface area contributed by atoms with E-state index in [0.29, 0.717) is 13.0 Å². The van der Waals surface area contributed by atoms with Gasteiger partial charge in [-0.3, -0.25) is 9.69 Å². The fourth-order valence-electron chi connectivity index (χ4n) is 2.45. The molecule has 20 heavy (non-hydrogen) atoms. The van der Waals surface area contributed by atoms with Crippen LogP contribution in [-0.4, -0.2) is 60.8 Å². The molecule has 2 N–H and O–H groups in total. The summed E-state index contributed by atoms with van der Waals surface area (Å²) in [6.45, 7) is 5.51. The second-order valence-electron chi connectivity index (χ2n) is 5.80. The van der Waals surface area contributed by atoms with Gasteiger partial charge in [0, 0.05) is 6.54 Å². The summed E-state index contributed by atoms with van der Waals surface area (Å²) < 4.78 is 4.71. The van der Waals surface area contributed by atoms with E-state index < -0.39 is 12.0 Å². The summed E-state index contributed by atoms with van der Waals surface area (Å²) >= 11 is 0. The molecular weight excluding hydrogens is 260 g/mol. The van der Waals surface area contributed by atoms with Crippen LogP contribution in [0.25, 0.3) is 0 Å². The summed E-state index contributed by atoms with van der Waals surface area (Å²) in [5.74, 6) is -0.322. The van der Waals surface area contributed by atoms with Crippen molar-refractivity contribution < 1.29 is 19.4 Å². The Bertz CT molecular complexity index is 333. The van der Waals surface area contributed by atoms with Gasteiger partial charge in [0.05, 0.1) is 19.8 Å². The van der Waals surface area contributed by atoms with Crippen molar-refractivity contribution in [3.05, 3.63) is 0 Å². The van der Waals surface area contributed by atoms with Crippen LogP contribution in [0.5, 0.6) is 0 Å². The Balaban J connectivity index is 2.46. The molecule has 1 amide bonds. The quantitative estimate of drug-likeness (QED) is 0.679. The molecule has 0 saturated carbocycles. The van der Waals surface area contributed by atoms with Crippen LogP contribution in [0, 0.1) is 5.92 Å². The number of aliphatic hydroxyl groups is 1. The number of amides is 1. The lowest BCUT2D eigenvalue weighted by Gasteiger charge is -2.29. The first kappa shape index (κ1) is 16.9. The number of hydrogen-bond acceptors (Lipinski definition) is 5. The third-order valence-electron chi connectivity index (χ3n) is 3.38. The number of aliphatic hydroxyl groups excluding tert-OH is 1. The number of nitrogens with one attached hydrogen (secondary N) is 1. The lowest BCUT2D eigenvalue weighted by Crippen LogP contribution is -2.49. The lowest BCUT2D eigenvalue weighted by atomic mass is 10.0. The van der Waals surface area contributed by atoms with Crippen molar-refractivity contribution in [3.63, 3.8) is 0 Å². The van der Waals surface area contributed by atoms with Crippen molar-refractivity contribution in [3.8, 4) is 0 Å². The average Bonchev–Trinajstić information content (AvgIpc) is 2.36. The predicted octanol–water partition coefficient (Wildman–Crippen LogP) is 0.147. The maximum atomic E-state index is 12.0. The van der Waals surface area contributed by atoms with Crippen LogP contribution in [0.2, 0.25) is 0 Å². The molecule has 2 unspecified atom stereocenters. The molecule has 1 aliphatic rings. The van der Waals surface area contributed by atoms with Gasteiger partial charge >= 0.3 is 5.97 Å². The number of carbonyl (C=O) groups excluding carboxylic acids is 2. The van der Waals surface area contributed by atoms with Gasteiger partial charge in [-0.15, -0.1) is 0 Å². The van der Waals surface area contributed by atoms with Crippen molar-refractivity contribution >= 4 is 11.9 Å². The van der Waals surface area contributed by atoms with E-state index in [2.05, 4.69) is 5.32 Å². The number of carbonyl (C=O) groups is 2. The minimum atomic E-state index is -0.595. The van der Waals surface area contributed by atoms with Gasteiger partial charge in [-0.2, -0.15) is 0 Å². The monoisotopic (exact) mass is 286 g/mol. The fourth-order valence-corrected chi connectivity index (χ4v) is 2.45. The third kappa shape index (κ3) is 5.88. The second kappa shape index (κ2) is 8.21. The van der Waals surface area contributed by atoms with E-state index in [1.54, 1.807) is 0 Å². The number of nitrogens with zero attached hydrogens (tertiary/aromatic N) is 1. The molecule has 6 nitrogen and oxygen atoms in total. The number of β-amino-alcohol motifs (C(OH)–C–C–N with tert-alkyl or cyclic N) is 1. The van der Waals surface area contributed by atoms with Crippen LogP contribution in [0.1, 0.15) is 33.1 Å². The summed E-state index contributed by atoms with van der Waals surface area (Å²) in [5.41, 5.74) is 0. The van der Waals surface area contributed by atoms with Crippen molar-refractivity contribution in [1.82, 2.24) is 10.2 Å². The summed E-state index contributed by atoms with van der Waals surface area (Å²) in [4.78, 5) is 25.5. The normalized spacial score (nSPS) is 21.6. The molecule has 2 atom stereocenters. The van der Waals surface area contributed by atoms with E-state index in [9.17, 15) is 14.7 Å². The van der Waals surface area contributed by atoms with Gasteiger partial charge in [0.15, 0.2) is 0 Å². The maximum Gasteiger partial charge on any atom is 0.328 e. The number of methoxy groups -OCH3 is 1. The smallest absolute Gasteiger partial charge is 0.328 e. The molecule has 0 aromatic heterocycles. The van der Waals surface area contributed by atoms with E-state index in [-0.39, 0.29) is 24.5 Å². The lowest BCUT2D eigenvalue weighted by molar-refractivity contribution is -0.145. The first-order valence-corrected chi connectivity index (χ1v) is 7.20. The molecule has 0 aliphatic carbocycles. The SMILES string of the molecule is COC(=O)C(CC(C)C)NC(=O)CN1CCCC(O)C1. The molecule has 1 saturated heterocycles. The van der Waals surface area contributed by atoms with E-state index in [0.717, 1.165) is 19.4 Å². The van der Waals surface area contributed by atoms with Gasteiger partial charge in [0.2, 0.25) is 5.91 Å². The molecule has 6 heteroatoms. The molecule has 1 fully saturated rings. The minimum Gasteiger partial charge on any atom is -0.467 e. The number of hydrogen-bond donors (Lipinski definition) is 2. The highest BCUT2D eigenvalue weighted by Gasteiger charge is 2.25. The highest BCUT2D eigenvalue weighted by atomic mass is 16.5. The summed E-state index contributed by atoms with van der Waals surface area (Å²) in [6, 6.07) is -0.595. The predicted molar refractivity (Wildman–Crippen MR) is 75.1 cm³/mol. The molecule has 1 heterocycles. The summed E-state index contributed by atoms with van der Waals surface area (Å²) in [7, 11) is 1.32. The maximum absolute atomic E-state index is 12.0. The Morgan fingerprint density at radius 2 is 2.15 bits per heavy atom. The zero-order valence-electron chi connectivity index (χ0n) is 12.6. The Morgan fingerprint density at radius 3 is 2.70 bits per heavy atom.